The third-order valence-electron chi connectivity index (χ3n) is 4.08. The van der Waals surface area contributed by atoms with Crippen molar-refractivity contribution in [2.75, 3.05) is 25.0 Å². The largest absolute Gasteiger partial charge is 0.336 e. The van der Waals surface area contributed by atoms with Gasteiger partial charge in [0.25, 0.3) is 11.8 Å². The van der Waals surface area contributed by atoms with Crippen LogP contribution in [0.3, 0.4) is 0 Å². The van der Waals surface area contributed by atoms with Crippen LogP contribution in [0.25, 0.3) is 0 Å². The molecule has 0 spiro atoms. The molecule has 1 aliphatic heterocycles. The number of anilines is 1. The maximum absolute atomic E-state index is 12.5. The van der Waals surface area contributed by atoms with Gasteiger partial charge in [0.15, 0.2) is 0 Å². The molecule has 0 unspecified atom stereocenters. The Morgan fingerprint density at radius 2 is 1.71 bits per heavy atom. The normalized spacial score (nSPS) is 17.4. The van der Waals surface area contributed by atoms with E-state index in [4.69, 9.17) is 0 Å². The number of nitrogens with one attached hydrogen (secondary N) is 2. The Labute approximate surface area is 141 Å². The summed E-state index contributed by atoms with van der Waals surface area (Å²) < 4.78 is 0. The zero-order valence-corrected chi connectivity index (χ0v) is 13.7. The van der Waals surface area contributed by atoms with Gasteiger partial charge in [0, 0.05) is 42.5 Å². The highest BCUT2D eigenvalue weighted by molar-refractivity contribution is 6.05. The highest BCUT2D eigenvalue weighted by atomic mass is 16.2. The lowest BCUT2D eigenvalue weighted by atomic mass is 10.1. The molecule has 2 aromatic carbocycles. The minimum atomic E-state index is -0.184. The maximum atomic E-state index is 12.5. The van der Waals surface area contributed by atoms with Crippen LogP contribution in [0.2, 0.25) is 0 Å². The second-order valence-corrected chi connectivity index (χ2v) is 6.00. The molecule has 0 aromatic heterocycles. The van der Waals surface area contributed by atoms with Crippen molar-refractivity contribution >= 4 is 17.5 Å². The molecular weight excluding hydrogens is 302 g/mol. The summed E-state index contributed by atoms with van der Waals surface area (Å²) in [6.07, 6.45) is 0. The van der Waals surface area contributed by atoms with Gasteiger partial charge in [0.2, 0.25) is 0 Å². The molecular formula is C19H21N3O2. The third-order valence-corrected chi connectivity index (χ3v) is 4.08. The number of amides is 2. The van der Waals surface area contributed by atoms with Crippen molar-refractivity contribution in [3.63, 3.8) is 0 Å². The lowest BCUT2D eigenvalue weighted by Crippen LogP contribution is -2.51. The Morgan fingerprint density at radius 1 is 1.04 bits per heavy atom. The van der Waals surface area contributed by atoms with E-state index in [0.29, 0.717) is 30.3 Å². The zero-order valence-electron chi connectivity index (χ0n) is 13.7. The number of para-hydroxylation sites is 1. The van der Waals surface area contributed by atoms with Crippen molar-refractivity contribution < 1.29 is 9.59 Å². The Kier molecular flexibility index (Phi) is 4.91. The predicted octanol–water partition coefficient (Wildman–Crippen LogP) is 2.37. The van der Waals surface area contributed by atoms with Gasteiger partial charge in [-0.3, -0.25) is 9.59 Å². The van der Waals surface area contributed by atoms with Gasteiger partial charge in [-0.25, -0.2) is 0 Å². The number of carbonyl (C=O) groups excluding carboxylic acids is 2. The Morgan fingerprint density at radius 3 is 2.38 bits per heavy atom. The number of nitrogens with zero attached hydrogens (tertiary/aromatic N) is 1. The summed E-state index contributed by atoms with van der Waals surface area (Å²) in [7, 11) is 0. The average Bonchev–Trinajstić information content (AvgIpc) is 2.62. The fraction of sp³-hybridized carbons (Fsp3) is 0.263. The second kappa shape index (κ2) is 7.27. The number of piperazine rings is 1. The van der Waals surface area contributed by atoms with Gasteiger partial charge in [-0.15, -0.1) is 0 Å². The lowest BCUT2D eigenvalue weighted by molar-refractivity contribution is 0.0708. The molecule has 2 N–H and O–H groups in total. The van der Waals surface area contributed by atoms with Gasteiger partial charge >= 0.3 is 0 Å². The first-order valence-corrected chi connectivity index (χ1v) is 8.12. The number of hydrogen-bond acceptors (Lipinski definition) is 3. The first-order valence-electron chi connectivity index (χ1n) is 8.12. The molecule has 1 atom stereocenters. The molecule has 0 aliphatic carbocycles. The van der Waals surface area contributed by atoms with Crippen LogP contribution in [0.5, 0.6) is 0 Å². The van der Waals surface area contributed by atoms with Gasteiger partial charge in [-0.05, 0) is 43.3 Å². The Hall–Kier alpha value is -2.66. The highest BCUT2D eigenvalue weighted by Crippen LogP contribution is 2.12. The Balaban J connectivity index is 1.66. The second-order valence-electron chi connectivity index (χ2n) is 6.00. The van der Waals surface area contributed by atoms with E-state index >= 15 is 0 Å². The van der Waals surface area contributed by atoms with Gasteiger partial charge in [-0.2, -0.15) is 0 Å². The van der Waals surface area contributed by atoms with E-state index in [1.54, 1.807) is 24.3 Å². The van der Waals surface area contributed by atoms with Crippen LogP contribution in [0.4, 0.5) is 5.69 Å². The Bertz CT molecular complexity index is 713. The molecule has 1 saturated heterocycles. The number of carbonyl (C=O) groups is 2. The monoisotopic (exact) mass is 323 g/mol. The number of benzene rings is 2. The summed E-state index contributed by atoms with van der Waals surface area (Å²) in [5.74, 6) is -0.172. The van der Waals surface area contributed by atoms with Crippen LogP contribution in [-0.4, -0.2) is 42.4 Å². The fourth-order valence-electron chi connectivity index (χ4n) is 2.79. The maximum Gasteiger partial charge on any atom is 0.255 e. The van der Waals surface area contributed by atoms with Gasteiger partial charge in [0.05, 0.1) is 0 Å². The standard InChI is InChI=1S/C19H21N3O2/c1-14-13-22(12-11-20-14)19(24)16-9-7-15(8-10-16)18(23)21-17-5-3-2-4-6-17/h2-10,14,20H,11-13H2,1H3,(H,21,23)/t14-/m1/s1. The molecule has 1 fully saturated rings. The summed E-state index contributed by atoms with van der Waals surface area (Å²) in [6.45, 7) is 4.29. The van der Waals surface area contributed by atoms with Gasteiger partial charge < -0.3 is 15.5 Å². The van der Waals surface area contributed by atoms with Gasteiger partial charge in [-0.1, -0.05) is 18.2 Å². The van der Waals surface area contributed by atoms with E-state index in [0.717, 1.165) is 12.2 Å². The van der Waals surface area contributed by atoms with Crippen molar-refractivity contribution in [3.8, 4) is 0 Å². The molecule has 0 radical (unpaired) electrons. The molecule has 0 bridgehead atoms. The summed E-state index contributed by atoms with van der Waals surface area (Å²) in [5.41, 5.74) is 1.89. The van der Waals surface area contributed by atoms with Crippen molar-refractivity contribution in [1.29, 1.82) is 0 Å². The predicted molar refractivity (Wildman–Crippen MR) is 94.2 cm³/mol. The number of rotatable bonds is 3. The van der Waals surface area contributed by atoms with E-state index in [1.807, 2.05) is 35.2 Å². The van der Waals surface area contributed by atoms with Crippen molar-refractivity contribution in [3.05, 3.63) is 65.7 Å². The van der Waals surface area contributed by atoms with Crippen LogP contribution in [0.15, 0.2) is 54.6 Å². The van der Waals surface area contributed by atoms with Crippen LogP contribution in [-0.2, 0) is 0 Å². The van der Waals surface area contributed by atoms with E-state index in [-0.39, 0.29) is 11.8 Å². The highest BCUT2D eigenvalue weighted by Gasteiger charge is 2.21. The minimum absolute atomic E-state index is 0.0124. The molecule has 24 heavy (non-hydrogen) atoms. The smallest absolute Gasteiger partial charge is 0.255 e. The van der Waals surface area contributed by atoms with Crippen LogP contribution in [0, 0.1) is 0 Å². The molecule has 1 aliphatic rings. The fourth-order valence-corrected chi connectivity index (χ4v) is 2.79. The molecule has 3 rings (SSSR count). The van der Waals surface area contributed by atoms with Gasteiger partial charge in [0.1, 0.15) is 0 Å². The summed E-state index contributed by atoms with van der Waals surface area (Å²) >= 11 is 0. The van der Waals surface area contributed by atoms with Crippen LogP contribution in [0.1, 0.15) is 27.6 Å². The van der Waals surface area contributed by atoms with E-state index in [2.05, 4.69) is 17.6 Å². The molecule has 0 saturated carbocycles. The average molecular weight is 323 g/mol. The third kappa shape index (κ3) is 3.81. The van der Waals surface area contributed by atoms with E-state index in [1.165, 1.54) is 0 Å². The lowest BCUT2D eigenvalue weighted by Gasteiger charge is -2.32. The quantitative estimate of drug-likeness (QED) is 0.911. The molecule has 2 amide bonds. The molecule has 124 valence electrons. The van der Waals surface area contributed by atoms with Crippen molar-refractivity contribution in [2.24, 2.45) is 0 Å². The summed E-state index contributed by atoms with van der Waals surface area (Å²) in [6, 6.07) is 16.4. The van der Waals surface area contributed by atoms with Crippen LogP contribution < -0.4 is 10.6 Å². The summed E-state index contributed by atoms with van der Waals surface area (Å²) in [5, 5.41) is 6.15. The first kappa shape index (κ1) is 16.2. The number of hydrogen-bond donors (Lipinski definition) is 2. The van der Waals surface area contributed by atoms with Crippen molar-refractivity contribution in [1.82, 2.24) is 10.2 Å². The molecule has 1 heterocycles. The molecule has 2 aromatic rings. The van der Waals surface area contributed by atoms with Crippen molar-refractivity contribution in [2.45, 2.75) is 13.0 Å². The van der Waals surface area contributed by atoms with Crippen LogP contribution >= 0.6 is 0 Å². The minimum Gasteiger partial charge on any atom is -0.336 e. The zero-order chi connectivity index (χ0) is 16.9. The summed E-state index contributed by atoms with van der Waals surface area (Å²) in [4.78, 5) is 26.6. The van der Waals surface area contributed by atoms with E-state index < -0.39 is 0 Å². The topological polar surface area (TPSA) is 61.4 Å². The SMILES string of the molecule is C[C@@H]1CN(C(=O)c2ccc(C(=O)Nc3ccccc3)cc2)CCN1. The first-order chi connectivity index (χ1) is 11.6. The molecule has 5 nitrogen and oxygen atoms in total. The van der Waals surface area contributed by atoms with E-state index in [9.17, 15) is 9.59 Å². The molecule has 5 heteroatoms.